The van der Waals surface area contributed by atoms with Crippen molar-refractivity contribution in [2.75, 3.05) is 19.7 Å². The van der Waals surface area contributed by atoms with Crippen LogP contribution in [0.5, 0.6) is 5.75 Å². The maximum Gasteiger partial charge on any atom is 0.269 e. The number of benzene rings is 1. The Morgan fingerprint density at radius 2 is 2.39 bits per heavy atom. The molecule has 1 fully saturated rings. The van der Waals surface area contributed by atoms with Gasteiger partial charge in [-0.1, -0.05) is 0 Å². The van der Waals surface area contributed by atoms with E-state index in [-0.39, 0.29) is 10.6 Å². The first-order chi connectivity index (χ1) is 8.66. The Kier molecular flexibility index (Phi) is 4.15. The zero-order chi connectivity index (χ0) is 13.0. The molecule has 0 aromatic heterocycles. The van der Waals surface area contributed by atoms with Crippen molar-refractivity contribution in [1.82, 2.24) is 5.32 Å². The Hall–Kier alpha value is -1.62. The average molecular weight is 250 g/mol. The molecule has 1 N–H and O–H groups in total. The summed E-state index contributed by atoms with van der Waals surface area (Å²) in [6.07, 6.45) is 2.37. The lowest BCUT2D eigenvalue weighted by molar-refractivity contribution is -0.384. The summed E-state index contributed by atoms with van der Waals surface area (Å²) in [6.45, 7) is 4.59. The summed E-state index contributed by atoms with van der Waals surface area (Å²) in [5, 5.41) is 14.0. The molecule has 5 heteroatoms. The van der Waals surface area contributed by atoms with Gasteiger partial charge in [0.1, 0.15) is 5.75 Å². The van der Waals surface area contributed by atoms with Crippen LogP contribution >= 0.6 is 0 Å². The van der Waals surface area contributed by atoms with Crippen LogP contribution in [0.4, 0.5) is 5.69 Å². The fraction of sp³-hybridized carbons (Fsp3) is 0.538. The van der Waals surface area contributed by atoms with E-state index >= 15 is 0 Å². The summed E-state index contributed by atoms with van der Waals surface area (Å²) in [4.78, 5) is 10.2. The van der Waals surface area contributed by atoms with E-state index in [4.69, 9.17) is 4.74 Å². The zero-order valence-corrected chi connectivity index (χ0v) is 10.5. The highest BCUT2D eigenvalue weighted by Crippen LogP contribution is 2.24. The zero-order valence-electron chi connectivity index (χ0n) is 10.5. The van der Waals surface area contributed by atoms with Crippen molar-refractivity contribution >= 4 is 5.69 Å². The predicted molar refractivity (Wildman–Crippen MR) is 68.9 cm³/mol. The Labute approximate surface area is 106 Å². The second-order valence-electron chi connectivity index (χ2n) is 4.73. The molecule has 0 bridgehead atoms. The smallest absolute Gasteiger partial charge is 0.269 e. The number of nitrogens with zero attached hydrogens (tertiary/aromatic N) is 1. The Balaban J connectivity index is 1.94. The summed E-state index contributed by atoms with van der Waals surface area (Å²) in [6, 6.07) is 4.72. The summed E-state index contributed by atoms with van der Waals surface area (Å²) < 4.78 is 5.75. The van der Waals surface area contributed by atoms with Crippen molar-refractivity contribution in [2.45, 2.75) is 19.8 Å². The van der Waals surface area contributed by atoms with E-state index in [1.165, 1.54) is 18.9 Å². The number of hydrogen-bond donors (Lipinski definition) is 1. The van der Waals surface area contributed by atoms with Gasteiger partial charge in [0.2, 0.25) is 0 Å². The minimum atomic E-state index is -0.387. The van der Waals surface area contributed by atoms with Crippen LogP contribution in [-0.2, 0) is 0 Å². The fourth-order valence-corrected chi connectivity index (χ4v) is 2.18. The van der Waals surface area contributed by atoms with Gasteiger partial charge >= 0.3 is 0 Å². The summed E-state index contributed by atoms with van der Waals surface area (Å²) >= 11 is 0. The minimum absolute atomic E-state index is 0.110. The first kappa shape index (κ1) is 12.8. The third kappa shape index (κ3) is 3.20. The van der Waals surface area contributed by atoms with Crippen LogP contribution in [0.1, 0.15) is 18.4 Å². The van der Waals surface area contributed by atoms with Crippen molar-refractivity contribution in [2.24, 2.45) is 5.92 Å². The molecule has 0 saturated carbocycles. The molecular formula is C13H18N2O3. The molecular weight excluding hydrogens is 232 g/mol. The van der Waals surface area contributed by atoms with Gasteiger partial charge in [0, 0.05) is 24.6 Å². The third-order valence-electron chi connectivity index (χ3n) is 3.24. The minimum Gasteiger partial charge on any atom is -0.493 e. The standard InChI is InChI=1S/C13H18N2O3/c1-10-7-12(15(16)17)4-5-13(10)18-9-11-3-2-6-14-8-11/h4-5,7,11,14H,2-3,6,8-9H2,1H3. The molecule has 1 aliphatic heterocycles. The van der Waals surface area contributed by atoms with E-state index in [1.54, 1.807) is 12.1 Å². The predicted octanol–water partition coefficient (Wildman–Crippen LogP) is 2.28. The van der Waals surface area contributed by atoms with Crippen LogP contribution in [-0.4, -0.2) is 24.6 Å². The van der Waals surface area contributed by atoms with Gasteiger partial charge in [0.15, 0.2) is 0 Å². The lowest BCUT2D eigenvalue weighted by Gasteiger charge is -2.23. The first-order valence-corrected chi connectivity index (χ1v) is 6.25. The molecule has 1 heterocycles. The molecule has 2 rings (SSSR count). The van der Waals surface area contributed by atoms with Crippen LogP contribution in [0.25, 0.3) is 0 Å². The number of hydrogen-bond acceptors (Lipinski definition) is 4. The lowest BCUT2D eigenvalue weighted by atomic mass is 10.0. The molecule has 1 unspecified atom stereocenters. The molecule has 0 radical (unpaired) electrons. The second kappa shape index (κ2) is 5.82. The van der Waals surface area contributed by atoms with Crippen molar-refractivity contribution in [1.29, 1.82) is 0 Å². The van der Waals surface area contributed by atoms with E-state index in [2.05, 4.69) is 5.32 Å². The molecule has 18 heavy (non-hydrogen) atoms. The van der Waals surface area contributed by atoms with Crippen molar-refractivity contribution < 1.29 is 9.66 Å². The highest BCUT2D eigenvalue weighted by Gasteiger charge is 2.15. The lowest BCUT2D eigenvalue weighted by Crippen LogP contribution is -2.33. The summed E-state index contributed by atoms with van der Waals surface area (Å²) in [5.74, 6) is 1.28. The molecule has 0 aliphatic carbocycles. The molecule has 1 atom stereocenters. The van der Waals surface area contributed by atoms with E-state index < -0.39 is 0 Å². The average Bonchev–Trinajstić information content (AvgIpc) is 2.38. The normalized spacial score (nSPS) is 19.5. The topological polar surface area (TPSA) is 64.4 Å². The third-order valence-corrected chi connectivity index (χ3v) is 3.24. The van der Waals surface area contributed by atoms with Crippen LogP contribution in [0.2, 0.25) is 0 Å². The van der Waals surface area contributed by atoms with Crippen LogP contribution < -0.4 is 10.1 Å². The number of nitro benzene ring substituents is 1. The van der Waals surface area contributed by atoms with Gasteiger partial charge in [0.05, 0.1) is 11.5 Å². The van der Waals surface area contributed by atoms with Gasteiger partial charge in [-0.05, 0) is 37.9 Å². The van der Waals surface area contributed by atoms with Gasteiger partial charge in [-0.15, -0.1) is 0 Å². The number of nitro groups is 1. The fourth-order valence-electron chi connectivity index (χ4n) is 2.18. The number of aryl methyl sites for hydroxylation is 1. The van der Waals surface area contributed by atoms with Gasteiger partial charge in [-0.3, -0.25) is 10.1 Å². The first-order valence-electron chi connectivity index (χ1n) is 6.25. The monoisotopic (exact) mass is 250 g/mol. The van der Waals surface area contributed by atoms with E-state index in [1.807, 2.05) is 6.92 Å². The van der Waals surface area contributed by atoms with Crippen LogP contribution in [0, 0.1) is 23.0 Å². The number of piperidine rings is 1. The Bertz CT molecular complexity index is 428. The van der Waals surface area contributed by atoms with Gasteiger partial charge in [-0.25, -0.2) is 0 Å². The molecule has 1 aromatic rings. The maximum absolute atomic E-state index is 10.6. The Morgan fingerprint density at radius 3 is 3.00 bits per heavy atom. The SMILES string of the molecule is Cc1cc([N+](=O)[O-])ccc1OCC1CCCNC1. The van der Waals surface area contributed by atoms with Crippen molar-refractivity contribution in [3.05, 3.63) is 33.9 Å². The van der Waals surface area contributed by atoms with Gasteiger partial charge in [-0.2, -0.15) is 0 Å². The van der Waals surface area contributed by atoms with Crippen molar-refractivity contribution in [3.8, 4) is 5.75 Å². The van der Waals surface area contributed by atoms with Crippen LogP contribution in [0.3, 0.4) is 0 Å². The van der Waals surface area contributed by atoms with Gasteiger partial charge in [0.25, 0.3) is 5.69 Å². The van der Waals surface area contributed by atoms with Crippen molar-refractivity contribution in [3.63, 3.8) is 0 Å². The van der Waals surface area contributed by atoms with Gasteiger partial charge < -0.3 is 10.1 Å². The molecule has 1 aromatic carbocycles. The molecule has 1 aliphatic rings. The van der Waals surface area contributed by atoms with Crippen LogP contribution in [0.15, 0.2) is 18.2 Å². The molecule has 0 spiro atoms. The van der Waals surface area contributed by atoms with E-state index in [9.17, 15) is 10.1 Å². The second-order valence-corrected chi connectivity index (χ2v) is 4.73. The molecule has 5 nitrogen and oxygen atoms in total. The maximum atomic E-state index is 10.6. The summed E-state index contributed by atoms with van der Waals surface area (Å²) in [7, 11) is 0. The van der Waals surface area contributed by atoms with E-state index in [0.29, 0.717) is 12.5 Å². The highest BCUT2D eigenvalue weighted by atomic mass is 16.6. The Morgan fingerprint density at radius 1 is 1.56 bits per heavy atom. The number of rotatable bonds is 4. The quantitative estimate of drug-likeness (QED) is 0.657. The largest absolute Gasteiger partial charge is 0.493 e. The number of nitrogens with one attached hydrogen (secondary N) is 1. The molecule has 98 valence electrons. The molecule has 1 saturated heterocycles. The highest BCUT2D eigenvalue weighted by molar-refractivity contribution is 5.42. The molecule has 0 amide bonds. The number of ether oxygens (including phenoxy) is 1. The van der Waals surface area contributed by atoms with E-state index in [0.717, 1.165) is 24.4 Å². The number of non-ortho nitro benzene ring substituents is 1. The summed E-state index contributed by atoms with van der Waals surface area (Å²) in [5.41, 5.74) is 0.923.